The molecule has 2 rings (SSSR count). The molecule has 5 heteroatoms. The second kappa shape index (κ2) is 6.63. The average molecular weight is 289 g/mol. The number of hydrogen-bond donors (Lipinski definition) is 1. The quantitative estimate of drug-likeness (QED) is 0.888. The fourth-order valence-electron chi connectivity index (χ4n) is 2.38. The molecule has 1 aromatic heterocycles. The molecular weight excluding hydrogens is 266 g/mol. The van der Waals surface area contributed by atoms with Crippen LogP contribution in [0.2, 0.25) is 0 Å². The molecule has 0 unspecified atom stereocenters. The number of methoxy groups -OCH3 is 2. The molecule has 0 amide bonds. The second-order valence-electron chi connectivity index (χ2n) is 4.88. The predicted octanol–water partition coefficient (Wildman–Crippen LogP) is 2.62. The number of aryl methyl sites for hydroxylation is 1. The van der Waals surface area contributed by atoms with Crippen LogP contribution in [-0.4, -0.2) is 30.5 Å². The van der Waals surface area contributed by atoms with Crippen LogP contribution in [0.1, 0.15) is 23.9 Å². The maximum atomic E-state index is 5.45. The van der Waals surface area contributed by atoms with Gasteiger partial charge in [0.05, 0.1) is 19.9 Å². The molecule has 114 valence electrons. The van der Waals surface area contributed by atoms with E-state index in [1.807, 2.05) is 29.8 Å². The molecule has 1 aromatic carbocycles. The summed E-state index contributed by atoms with van der Waals surface area (Å²) in [6.45, 7) is 7.96. The highest BCUT2D eigenvalue weighted by molar-refractivity contribution is 5.52. The first-order valence-corrected chi connectivity index (χ1v) is 7.10. The van der Waals surface area contributed by atoms with Crippen molar-refractivity contribution in [2.75, 3.05) is 20.8 Å². The summed E-state index contributed by atoms with van der Waals surface area (Å²) in [5, 5.41) is 8.01. The Morgan fingerprint density at radius 2 is 1.95 bits per heavy atom. The smallest absolute Gasteiger partial charge is 0.144 e. The normalized spacial score (nSPS) is 10.7. The molecule has 0 aliphatic rings. The molecule has 5 nitrogen and oxygen atoms in total. The molecule has 0 saturated carbocycles. The van der Waals surface area contributed by atoms with E-state index >= 15 is 0 Å². The molecule has 0 fully saturated rings. The lowest BCUT2D eigenvalue weighted by atomic mass is 10.2. The van der Waals surface area contributed by atoms with Crippen molar-refractivity contribution in [3.63, 3.8) is 0 Å². The zero-order valence-electron chi connectivity index (χ0n) is 13.4. The largest absolute Gasteiger partial charge is 0.497 e. The monoisotopic (exact) mass is 289 g/mol. The molecule has 1 N–H and O–H groups in total. The van der Waals surface area contributed by atoms with E-state index in [1.165, 1.54) is 5.56 Å². The van der Waals surface area contributed by atoms with Crippen molar-refractivity contribution in [1.82, 2.24) is 15.1 Å². The van der Waals surface area contributed by atoms with Crippen molar-refractivity contribution in [3.8, 4) is 17.2 Å². The van der Waals surface area contributed by atoms with Crippen LogP contribution in [0.15, 0.2) is 18.2 Å². The molecular formula is C16H23N3O2. The lowest BCUT2D eigenvalue weighted by Gasteiger charge is -2.12. The lowest BCUT2D eigenvalue weighted by molar-refractivity contribution is 0.400. The fourth-order valence-corrected chi connectivity index (χ4v) is 2.38. The minimum atomic E-state index is 0.774. The van der Waals surface area contributed by atoms with Gasteiger partial charge in [-0.3, -0.25) is 0 Å². The third-order valence-electron chi connectivity index (χ3n) is 3.61. The Bertz CT molecular complexity index is 620. The van der Waals surface area contributed by atoms with Gasteiger partial charge in [-0.15, -0.1) is 0 Å². The first-order valence-electron chi connectivity index (χ1n) is 7.10. The third kappa shape index (κ3) is 3.03. The first-order chi connectivity index (χ1) is 10.1. The van der Waals surface area contributed by atoms with Gasteiger partial charge in [0.1, 0.15) is 17.2 Å². The number of nitrogens with zero attached hydrogens (tertiary/aromatic N) is 2. The highest BCUT2D eigenvalue weighted by Gasteiger charge is 2.16. The van der Waals surface area contributed by atoms with Gasteiger partial charge in [-0.2, -0.15) is 5.10 Å². The zero-order valence-corrected chi connectivity index (χ0v) is 13.4. The molecule has 21 heavy (non-hydrogen) atoms. The van der Waals surface area contributed by atoms with Crippen LogP contribution in [-0.2, 0) is 6.54 Å². The van der Waals surface area contributed by atoms with Crippen molar-refractivity contribution in [1.29, 1.82) is 0 Å². The molecule has 0 bridgehead atoms. The van der Waals surface area contributed by atoms with Crippen molar-refractivity contribution >= 4 is 0 Å². The van der Waals surface area contributed by atoms with Crippen LogP contribution in [0.3, 0.4) is 0 Å². The summed E-state index contributed by atoms with van der Waals surface area (Å²) >= 11 is 0. The standard InChI is InChI=1S/C16H23N3O2/c1-6-17-10-14-11(2)18-19(12(14)3)15-9-13(20-4)7-8-16(15)21-5/h7-9,17H,6,10H2,1-5H3. The van der Waals surface area contributed by atoms with Gasteiger partial charge in [-0.1, -0.05) is 6.92 Å². The van der Waals surface area contributed by atoms with E-state index in [0.29, 0.717) is 0 Å². The van der Waals surface area contributed by atoms with Crippen LogP contribution in [0.25, 0.3) is 5.69 Å². The Balaban J connectivity index is 2.51. The zero-order chi connectivity index (χ0) is 15.4. The molecule has 0 saturated heterocycles. The molecule has 0 spiro atoms. The summed E-state index contributed by atoms with van der Waals surface area (Å²) in [6.07, 6.45) is 0. The third-order valence-corrected chi connectivity index (χ3v) is 3.61. The number of nitrogens with one attached hydrogen (secondary N) is 1. The summed E-state index contributed by atoms with van der Waals surface area (Å²) in [6, 6.07) is 5.72. The van der Waals surface area contributed by atoms with E-state index in [1.54, 1.807) is 14.2 Å². The molecule has 1 heterocycles. The van der Waals surface area contributed by atoms with Gasteiger partial charge in [-0.25, -0.2) is 4.68 Å². The summed E-state index contributed by atoms with van der Waals surface area (Å²) in [4.78, 5) is 0. The lowest BCUT2D eigenvalue weighted by Crippen LogP contribution is -2.13. The van der Waals surface area contributed by atoms with Crippen LogP contribution >= 0.6 is 0 Å². The Kier molecular flexibility index (Phi) is 4.85. The Hall–Kier alpha value is -2.01. The molecule has 0 aliphatic carbocycles. The Morgan fingerprint density at radius 3 is 2.57 bits per heavy atom. The number of benzene rings is 1. The number of rotatable bonds is 6. The van der Waals surface area contributed by atoms with E-state index in [4.69, 9.17) is 9.47 Å². The highest BCUT2D eigenvalue weighted by Crippen LogP contribution is 2.29. The van der Waals surface area contributed by atoms with Crippen LogP contribution < -0.4 is 14.8 Å². The highest BCUT2D eigenvalue weighted by atomic mass is 16.5. The van der Waals surface area contributed by atoms with Gasteiger partial charge < -0.3 is 14.8 Å². The van der Waals surface area contributed by atoms with Crippen molar-refractivity contribution in [2.45, 2.75) is 27.3 Å². The topological polar surface area (TPSA) is 48.3 Å². The van der Waals surface area contributed by atoms with Crippen LogP contribution in [0.5, 0.6) is 11.5 Å². The Labute approximate surface area is 125 Å². The number of ether oxygens (including phenoxy) is 2. The number of hydrogen-bond acceptors (Lipinski definition) is 4. The van der Waals surface area contributed by atoms with E-state index in [9.17, 15) is 0 Å². The van der Waals surface area contributed by atoms with Gasteiger partial charge >= 0.3 is 0 Å². The molecule has 0 radical (unpaired) electrons. The van der Waals surface area contributed by atoms with E-state index < -0.39 is 0 Å². The Morgan fingerprint density at radius 1 is 1.19 bits per heavy atom. The number of aromatic nitrogens is 2. The minimum absolute atomic E-state index is 0.774. The van der Waals surface area contributed by atoms with Crippen molar-refractivity contribution < 1.29 is 9.47 Å². The minimum Gasteiger partial charge on any atom is -0.497 e. The average Bonchev–Trinajstić information content (AvgIpc) is 2.79. The molecule has 2 aromatic rings. The molecule has 0 atom stereocenters. The van der Waals surface area contributed by atoms with Crippen molar-refractivity contribution in [3.05, 3.63) is 35.2 Å². The van der Waals surface area contributed by atoms with E-state index in [0.717, 1.165) is 41.7 Å². The SMILES string of the molecule is CCNCc1c(C)nn(-c2cc(OC)ccc2OC)c1C. The second-order valence-corrected chi connectivity index (χ2v) is 4.88. The predicted molar refractivity (Wildman–Crippen MR) is 83.5 cm³/mol. The summed E-state index contributed by atoms with van der Waals surface area (Å²) in [7, 11) is 3.32. The van der Waals surface area contributed by atoms with Gasteiger partial charge in [0.2, 0.25) is 0 Å². The van der Waals surface area contributed by atoms with E-state index in [-0.39, 0.29) is 0 Å². The summed E-state index contributed by atoms with van der Waals surface area (Å²) < 4.78 is 12.7. The van der Waals surface area contributed by atoms with E-state index in [2.05, 4.69) is 24.3 Å². The molecule has 0 aliphatic heterocycles. The van der Waals surface area contributed by atoms with Gasteiger partial charge in [0.15, 0.2) is 0 Å². The van der Waals surface area contributed by atoms with Gasteiger partial charge in [0, 0.05) is 23.9 Å². The first kappa shape index (κ1) is 15.4. The van der Waals surface area contributed by atoms with Crippen LogP contribution in [0, 0.1) is 13.8 Å². The maximum absolute atomic E-state index is 5.45. The summed E-state index contributed by atoms with van der Waals surface area (Å²) in [5.41, 5.74) is 4.25. The van der Waals surface area contributed by atoms with Gasteiger partial charge in [-0.05, 0) is 32.5 Å². The van der Waals surface area contributed by atoms with Gasteiger partial charge in [0.25, 0.3) is 0 Å². The fraction of sp³-hybridized carbons (Fsp3) is 0.438. The van der Waals surface area contributed by atoms with Crippen molar-refractivity contribution in [2.24, 2.45) is 0 Å². The summed E-state index contributed by atoms with van der Waals surface area (Å²) in [5.74, 6) is 1.56. The van der Waals surface area contributed by atoms with Crippen LogP contribution in [0.4, 0.5) is 0 Å². The maximum Gasteiger partial charge on any atom is 0.144 e.